The zero-order valence-corrected chi connectivity index (χ0v) is 16.7. The highest BCUT2D eigenvalue weighted by atomic mass is 19.1. The van der Waals surface area contributed by atoms with Gasteiger partial charge in [0.05, 0.1) is 13.2 Å². The summed E-state index contributed by atoms with van der Waals surface area (Å²) in [4.78, 5) is 15.6. The van der Waals surface area contributed by atoms with Crippen LogP contribution in [0.1, 0.15) is 18.4 Å². The van der Waals surface area contributed by atoms with Gasteiger partial charge in [0.25, 0.3) is 0 Å². The Bertz CT molecular complexity index is 810. The molecule has 156 valence electrons. The molecule has 0 amide bonds. The van der Waals surface area contributed by atoms with Gasteiger partial charge < -0.3 is 14.5 Å². The highest BCUT2D eigenvalue weighted by Gasteiger charge is 2.26. The molecule has 3 heterocycles. The van der Waals surface area contributed by atoms with Crippen LogP contribution in [0.3, 0.4) is 0 Å². The number of piperidine rings is 1. The first-order chi connectivity index (χ1) is 14.1. The van der Waals surface area contributed by atoms with E-state index < -0.39 is 11.6 Å². The first-order valence-electron chi connectivity index (χ1n) is 10.2. The fourth-order valence-electron chi connectivity index (χ4n) is 4.04. The molecule has 8 heteroatoms. The van der Waals surface area contributed by atoms with Crippen molar-refractivity contribution in [2.45, 2.75) is 25.4 Å². The second-order valence-corrected chi connectivity index (χ2v) is 7.66. The molecule has 1 aromatic carbocycles. The van der Waals surface area contributed by atoms with Gasteiger partial charge in [0.2, 0.25) is 5.95 Å². The van der Waals surface area contributed by atoms with Crippen LogP contribution in [0.25, 0.3) is 0 Å². The van der Waals surface area contributed by atoms with Crippen LogP contribution in [0, 0.1) is 11.6 Å². The van der Waals surface area contributed by atoms with E-state index >= 15 is 0 Å². The summed E-state index contributed by atoms with van der Waals surface area (Å²) in [6.45, 7) is 4.88. The number of benzene rings is 1. The van der Waals surface area contributed by atoms with Gasteiger partial charge in [-0.15, -0.1) is 0 Å². The summed E-state index contributed by atoms with van der Waals surface area (Å²) in [6.07, 6.45) is 3.76. The van der Waals surface area contributed by atoms with Gasteiger partial charge in [-0.2, -0.15) is 4.98 Å². The van der Waals surface area contributed by atoms with Gasteiger partial charge in [-0.1, -0.05) is 6.07 Å². The zero-order valence-electron chi connectivity index (χ0n) is 16.7. The van der Waals surface area contributed by atoms with Crippen LogP contribution in [0.5, 0.6) is 0 Å². The Labute approximate surface area is 170 Å². The summed E-state index contributed by atoms with van der Waals surface area (Å²) < 4.78 is 33.5. The molecule has 2 aromatic rings. The molecular formula is C21H27F2N5O. The summed E-state index contributed by atoms with van der Waals surface area (Å²) in [5.74, 6) is 0.619. The van der Waals surface area contributed by atoms with Crippen molar-refractivity contribution in [3.8, 4) is 0 Å². The molecule has 0 bridgehead atoms. The third-order valence-corrected chi connectivity index (χ3v) is 5.75. The molecule has 0 aliphatic carbocycles. The van der Waals surface area contributed by atoms with Crippen LogP contribution < -0.4 is 9.80 Å². The quantitative estimate of drug-likeness (QED) is 0.765. The van der Waals surface area contributed by atoms with E-state index in [0.29, 0.717) is 19.2 Å². The van der Waals surface area contributed by atoms with E-state index in [0.717, 1.165) is 44.8 Å². The number of aromatic nitrogens is 2. The van der Waals surface area contributed by atoms with Gasteiger partial charge in [-0.25, -0.2) is 13.8 Å². The van der Waals surface area contributed by atoms with E-state index in [1.807, 2.05) is 13.1 Å². The number of morpholine rings is 1. The number of rotatable bonds is 5. The molecule has 4 rings (SSSR count). The summed E-state index contributed by atoms with van der Waals surface area (Å²) in [7, 11) is 2.00. The van der Waals surface area contributed by atoms with Crippen molar-refractivity contribution >= 4 is 11.8 Å². The molecule has 29 heavy (non-hydrogen) atoms. The van der Waals surface area contributed by atoms with E-state index in [4.69, 9.17) is 9.72 Å². The summed E-state index contributed by atoms with van der Waals surface area (Å²) in [5, 5.41) is 0. The minimum absolute atomic E-state index is 0.140. The Kier molecular flexibility index (Phi) is 6.20. The highest BCUT2D eigenvalue weighted by Crippen LogP contribution is 2.23. The number of hydrogen-bond donors (Lipinski definition) is 0. The first kappa shape index (κ1) is 20.0. The number of nitrogens with zero attached hydrogens (tertiary/aromatic N) is 5. The van der Waals surface area contributed by atoms with Crippen molar-refractivity contribution in [2.75, 3.05) is 56.2 Å². The van der Waals surface area contributed by atoms with Crippen molar-refractivity contribution in [2.24, 2.45) is 0 Å². The average Bonchev–Trinajstić information content (AvgIpc) is 2.77. The molecule has 2 fully saturated rings. The molecule has 0 N–H and O–H groups in total. The predicted molar refractivity (Wildman–Crippen MR) is 108 cm³/mol. The Balaban J connectivity index is 1.44. The van der Waals surface area contributed by atoms with Crippen LogP contribution >= 0.6 is 0 Å². The van der Waals surface area contributed by atoms with Crippen LogP contribution in [0.2, 0.25) is 0 Å². The van der Waals surface area contributed by atoms with E-state index in [1.54, 1.807) is 6.20 Å². The fraction of sp³-hybridized carbons (Fsp3) is 0.524. The third-order valence-electron chi connectivity index (χ3n) is 5.75. The molecule has 0 radical (unpaired) electrons. The lowest BCUT2D eigenvalue weighted by Crippen LogP contribution is -2.47. The SMILES string of the molecule is CN(c1nccc(N2CCOCC2)n1)C1CCCN(Cc2c(F)cccc2F)C1. The minimum atomic E-state index is -0.484. The number of likely N-dealkylation sites (N-methyl/N-ethyl adjacent to an activating group) is 1. The van der Waals surface area contributed by atoms with Gasteiger partial charge >= 0.3 is 0 Å². The number of halogens is 2. The molecule has 2 aliphatic rings. The fourth-order valence-corrected chi connectivity index (χ4v) is 4.04. The lowest BCUT2D eigenvalue weighted by atomic mass is 10.0. The average molecular weight is 403 g/mol. The third kappa shape index (κ3) is 4.64. The topological polar surface area (TPSA) is 44.7 Å². The lowest BCUT2D eigenvalue weighted by molar-refractivity contribution is 0.122. The second-order valence-electron chi connectivity index (χ2n) is 7.66. The molecule has 2 saturated heterocycles. The minimum Gasteiger partial charge on any atom is -0.378 e. The monoisotopic (exact) mass is 403 g/mol. The smallest absolute Gasteiger partial charge is 0.227 e. The van der Waals surface area contributed by atoms with Crippen LogP contribution in [0.4, 0.5) is 20.5 Å². The standard InChI is InChI=1S/C21H27F2N5O/c1-26(21-24-8-7-20(25-21)28-10-12-29-13-11-28)16-4-3-9-27(14-16)15-17-18(22)5-2-6-19(17)23/h2,5-8,16H,3-4,9-15H2,1H3. The van der Waals surface area contributed by atoms with Crippen LogP contribution in [0.15, 0.2) is 30.5 Å². The predicted octanol–water partition coefficient (Wildman–Crippen LogP) is 2.69. The Morgan fingerprint density at radius 1 is 1.14 bits per heavy atom. The largest absolute Gasteiger partial charge is 0.378 e. The highest BCUT2D eigenvalue weighted by molar-refractivity contribution is 5.44. The molecule has 2 aliphatic heterocycles. The molecule has 6 nitrogen and oxygen atoms in total. The van der Waals surface area contributed by atoms with Crippen LogP contribution in [-0.4, -0.2) is 67.4 Å². The summed E-state index contributed by atoms with van der Waals surface area (Å²) in [5.41, 5.74) is 0.140. The van der Waals surface area contributed by atoms with Crippen molar-refractivity contribution in [1.82, 2.24) is 14.9 Å². The van der Waals surface area contributed by atoms with Crippen molar-refractivity contribution < 1.29 is 13.5 Å². The normalized spacial score (nSPS) is 20.7. The number of anilines is 2. The Morgan fingerprint density at radius 3 is 2.66 bits per heavy atom. The maximum absolute atomic E-state index is 14.0. The van der Waals surface area contributed by atoms with Gasteiger partial charge in [-0.05, 0) is 37.6 Å². The maximum Gasteiger partial charge on any atom is 0.227 e. The number of ether oxygens (including phenoxy) is 1. The van der Waals surface area contributed by atoms with Gasteiger partial charge in [0, 0.05) is 51.0 Å². The van der Waals surface area contributed by atoms with E-state index in [9.17, 15) is 8.78 Å². The van der Waals surface area contributed by atoms with E-state index in [2.05, 4.69) is 19.7 Å². The molecular weight excluding hydrogens is 376 g/mol. The Morgan fingerprint density at radius 2 is 1.90 bits per heavy atom. The van der Waals surface area contributed by atoms with Crippen molar-refractivity contribution in [3.05, 3.63) is 47.7 Å². The van der Waals surface area contributed by atoms with E-state index in [-0.39, 0.29) is 18.2 Å². The summed E-state index contributed by atoms with van der Waals surface area (Å²) in [6, 6.07) is 6.16. The maximum atomic E-state index is 14.0. The molecule has 0 saturated carbocycles. The Hall–Kier alpha value is -2.32. The lowest BCUT2D eigenvalue weighted by Gasteiger charge is -2.38. The first-order valence-corrected chi connectivity index (χ1v) is 10.2. The van der Waals surface area contributed by atoms with Gasteiger partial charge in [0.15, 0.2) is 0 Å². The van der Waals surface area contributed by atoms with E-state index in [1.165, 1.54) is 18.2 Å². The summed E-state index contributed by atoms with van der Waals surface area (Å²) >= 11 is 0. The molecule has 0 spiro atoms. The van der Waals surface area contributed by atoms with Crippen molar-refractivity contribution in [1.29, 1.82) is 0 Å². The molecule has 1 atom stereocenters. The number of likely N-dealkylation sites (tertiary alicyclic amines) is 1. The van der Waals surface area contributed by atoms with Gasteiger partial charge in [-0.3, -0.25) is 4.90 Å². The van der Waals surface area contributed by atoms with Crippen molar-refractivity contribution in [3.63, 3.8) is 0 Å². The second kappa shape index (κ2) is 9.00. The zero-order chi connectivity index (χ0) is 20.2. The molecule has 1 aromatic heterocycles. The van der Waals surface area contributed by atoms with Crippen LogP contribution in [-0.2, 0) is 11.3 Å². The molecule has 1 unspecified atom stereocenters. The number of hydrogen-bond acceptors (Lipinski definition) is 6. The van der Waals surface area contributed by atoms with Gasteiger partial charge in [0.1, 0.15) is 17.5 Å².